The number of thiocarbonyl (C=S) groups is 1. The fourth-order valence-corrected chi connectivity index (χ4v) is 1.70. The zero-order chi connectivity index (χ0) is 8.27. The first-order valence-corrected chi connectivity index (χ1v) is 4.56. The van der Waals surface area contributed by atoms with Crippen molar-refractivity contribution in [2.75, 3.05) is 7.05 Å². The maximum atomic E-state index is 5.45. The number of nitrogens with one attached hydrogen (secondary N) is 1. The van der Waals surface area contributed by atoms with E-state index in [1.54, 1.807) is 11.3 Å². The molecular weight excluding hydrogens is 176 g/mol. The van der Waals surface area contributed by atoms with Crippen molar-refractivity contribution in [1.29, 1.82) is 0 Å². The molecule has 60 valence electrons. The number of rotatable bonds is 2. The van der Waals surface area contributed by atoms with Crippen LogP contribution >= 0.6 is 23.6 Å². The predicted octanol–water partition coefficient (Wildman–Crippen LogP) is 1.10. The van der Waals surface area contributed by atoms with Gasteiger partial charge in [0.25, 0.3) is 0 Å². The average Bonchev–Trinajstić information content (AvgIpc) is 2.50. The molecule has 0 aliphatic carbocycles. The third-order valence-corrected chi connectivity index (χ3v) is 2.74. The minimum Gasteiger partial charge on any atom is -0.379 e. The Labute approximate surface area is 75.4 Å². The first-order chi connectivity index (χ1) is 5.27. The minimum atomic E-state index is 0.594. The smallest absolute Gasteiger partial charge is 0.107 e. The van der Waals surface area contributed by atoms with Crippen molar-refractivity contribution >= 4 is 28.5 Å². The Morgan fingerprint density at radius 2 is 2.55 bits per heavy atom. The minimum absolute atomic E-state index is 0.594. The Hall–Kier alpha value is -0.450. The van der Waals surface area contributed by atoms with Gasteiger partial charge in [0.15, 0.2) is 0 Å². The summed E-state index contributed by atoms with van der Waals surface area (Å²) >= 11 is 6.68. The van der Waals surface area contributed by atoms with E-state index >= 15 is 0 Å². The van der Waals surface area contributed by atoms with Crippen molar-refractivity contribution in [2.45, 2.75) is 6.54 Å². The number of hydrogen-bond donors (Lipinski definition) is 2. The zero-order valence-corrected chi connectivity index (χ0v) is 7.89. The normalized spacial score (nSPS) is 9.64. The molecule has 0 spiro atoms. The molecule has 0 atom stereocenters. The van der Waals surface area contributed by atoms with Gasteiger partial charge in [-0.15, -0.1) is 11.3 Å². The van der Waals surface area contributed by atoms with Crippen molar-refractivity contribution < 1.29 is 0 Å². The van der Waals surface area contributed by atoms with Gasteiger partial charge in [0.1, 0.15) is 4.99 Å². The SMILES string of the molecule is CNC(=S)c1csc(CN)c1. The summed E-state index contributed by atoms with van der Waals surface area (Å²) in [6.45, 7) is 0.594. The lowest BCUT2D eigenvalue weighted by molar-refractivity contribution is 1.11. The monoisotopic (exact) mass is 186 g/mol. The molecule has 0 radical (unpaired) electrons. The van der Waals surface area contributed by atoms with Crippen LogP contribution in [0.15, 0.2) is 11.4 Å². The van der Waals surface area contributed by atoms with Crippen LogP contribution in [-0.2, 0) is 6.54 Å². The van der Waals surface area contributed by atoms with Gasteiger partial charge in [-0.2, -0.15) is 0 Å². The van der Waals surface area contributed by atoms with E-state index in [0.717, 1.165) is 15.4 Å². The molecule has 0 saturated heterocycles. The molecule has 4 heteroatoms. The summed E-state index contributed by atoms with van der Waals surface area (Å²) in [4.78, 5) is 1.94. The first kappa shape index (κ1) is 8.64. The van der Waals surface area contributed by atoms with E-state index in [9.17, 15) is 0 Å². The third kappa shape index (κ3) is 1.99. The van der Waals surface area contributed by atoms with Crippen molar-refractivity contribution in [1.82, 2.24) is 5.32 Å². The van der Waals surface area contributed by atoms with Gasteiger partial charge in [0.2, 0.25) is 0 Å². The average molecular weight is 186 g/mol. The molecule has 0 aliphatic heterocycles. The molecule has 0 bridgehead atoms. The van der Waals surface area contributed by atoms with Gasteiger partial charge in [-0.25, -0.2) is 0 Å². The van der Waals surface area contributed by atoms with Gasteiger partial charge in [-0.3, -0.25) is 0 Å². The summed E-state index contributed by atoms with van der Waals surface area (Å²) < 4.78 is 0. The zero-order valence-electron chi connectivity index (χ0n) is 6.26. The summed E-state index contributed by atoms with van der Waals surface area (Å²) in [5.74, 6) is 0. The second-order valence-electron chi connectivity index (χ2n) is 2.08. The van der Waals surface area contributed by atoms with E-state index < -0.39 is 0 Å². The molecule has 0 fully saturated rings. The summed E-state index contributed by atoms with van der Waals surface area (Å²) in [7, 11) is 1.82. The van der Waals surface area contributed by atoms with Crippen LogP contribution in [0, 0.1) is 0 Å². The van der Waals surface area contributed by atoms with Crippen LogP contribution in [0.25, 0.3) is 0 Å². The molecule has 1 aromatic heterocycles. The number of thiophene rings is 1. The topological polar surface area (TPSA) is 38.0 Å². The maximum absolute atomic E-state index is 5.45. The summed E-state index contributed by atoms with van der Waals surface area (Å²) in [6, 6.07) is 2.02. The van der Waals surface area contributed by atoms with Crippen LogP contribution in [0.3, 0.4) is 0 Å². The predicted molar refractivity (Wildman–Crippen MR) is 53.0 cm³/mol. The van der Waals surface area contributed by atoms with E-state index in [0.29, 0.717) is 6.54 Å². The Kier molecular flexibility index (Phi) is 2.99. The Morgan fingerprint density at radius 3 is 3.00 bits per heavy atom. The van der Waals surface area contributed by atoms with Gasteiger partial charge in [-0.05, 0) is 6.07 Å². The molecule has 1 rings (SSSR count). The maximum Gasteiger partial charge on any atom is 0.107 e. The molecule has 11 heavy (non-hydrogen) atoms. The molecule has 0 aliphatic rings. The van der Waals surface area contributed by atoms with Gasteiger partial charge >= 0.3 is 0 Å². The van der Waals surface area contributed by atoms with Crippen molar-refractivity contribution in [2.24, 2.45) is 5.73 Å². The number of hydrogen-bond acceptors (Lipinski definition) is 3. The standard InChI is InChI=1S/C7H10N2S2/c1-9-7(10)5-2-6(3-8)11-4-5/h2,4H,3,8H2,1H3,(H,9,10). The van der Waals surface area contributed by atoms with Crippen molar-refractivity contribution in [3.63, 3.8) is 0 Å². The second-order valence-corrected chi connectivity index (χ2v) is 3.49. The Balaban J connectivity index is 2.80. The summed E-state index contributed by atoms with van der Waals surface area (Å²) in [5, 5.41) is 4.93. The van der Waals surface area contributed by atoms with E-state index in [4.69, 9.17) is 18.0 Å². The third-order valence-electron chi connectivity index (χ3n) is 1.34. The summed E-state index contributed by atoms with van der Waals surface area (Å²) in [6.07, 6.45) is 0. The van der Waals surface area contributed by atoms with Gasteiger partial charge < -0.3 is 11.1 Å². The van der Waals surface area contributed by atoms with E-state index in [1.165, 1.54) is 0 Å². The highest BCUT2D eigenvalue weighted by Crippen LogP contribution is 2.13. The van der Waals surface area contributed by atoms with Crippen LogP contribution in [-0.4, -0.2) is 12.0 Å². The highest BCUT2D eigenvalue weighted by Gasteiger charge is 2.00. The first-order valence-electron chi connectivity index (χ1n) is 3.27. The van der Waals surface area contributed by atoms with Gasteiger partial charge in [0.05, 0.1) is 0 Å². The molecule has 0 unspecified atom stereocenters. The fourth-order valence-electron chi connectivity index (χ4n) is 0.751. The lowest BCUT2D eigenvalue weighted by Gasteiger charge is -1.96. The quantitative estimate of drug-likeness (QED) is 0.679. The largest absolute Gasteiger partial charge is 0.379 e. The van der Waals surface area contributed by atoms with E-state index in [1.807, 2.05) is 18.5 Å². The molecule has 1 heterocycles. The highest BCUT2D eigenvalue weighted by molar-refractivity contribution is 7.80. The van der Waals surface area contributed by atoms with Crippen molar-refractivity contribution in [3.05, 3.63) is 21.9 Å². The molecule has 2 nitrogen and oxygen atoms in total. The van der Waals surface area contributed by atoms with E-state index in [-0.39, 0.29) is 0 Å². The highest BCUT2D eigenvalue weighted by atomic mass is 32.1. The second kappa shape index (κ2) is 3.80. The Bertz CT molecular complexity index is 255. The van der Waals surface area contributed by atoms with Crippen LogP contribution in [0.5, 0.6) is 0 Å². The fraction of sp³-hybridized carbons (Fsp3) is 0.286. The molecule has 0 saturated carbocycles. The van der Waals surface area contributed by atoms with Gasteiger partial charge in [-0.1, -0.05) is 12.2 Å². The molecule has 1 aromatic rings. The van der Waals surface area contributed by atoms with Crippen molar-refractivity contribution in [3.8, 4) is 0 Å². The Morgan fingerprint density at radius 1 is 1.82 bits per heavy atom. The van der Waals surface area contributed by atoms with E-state index in [2.05, 4.69) is 5.32 Å². The van der Waals surface area contributed by atoms with Crippen LogP contribution in [0.2, 0.25) is 0 Å². The lowest BCUT2D eigenvalue weighted by Crippen LogP contribution is -2.15. The van der Waals surface area contributed by atoms with Gasteiger partial charge in [0, 0.05) is 29.4 Å². The van der Waals surface area contributed by atoms with Crippen LogP contribution in [0.4, 0.5) is 0 Å². The number of nitrogens with two attached hydrogens (primary N) is 1. The lowest BCUT2D eigenvalue weighted by atomic mass is 10.3. The molecule has 3 N–H and O–H groups in total. The molecular formula is C7H10N2S2. The van der Waals surface area contributed by atoms with Crippen LogP contribution < -0.4 is 11.1 Å². The molecule has 0 amide bonds. The molecule has 0 aromatic carbocycles. The summed E-state index contributed by atoms with van der Waals surface area (Å²) in [5.41, 5.74) is 6.51. The van der Waals surface area contributed by atoms with Crippen LogP contribution in [0.1, 0.15) is 10.4 Å².